The maximum atomic E-state index is 10.5. The minimum Gasteiger partial charge on any atom is -0.491 e. The number of carbonyl (C=O) groups excluding carboxylic acids is 1. The summed E-state index contributed by atoms with van der Waals surface area (Å²) >= 11 is 3.61. The van der Waals surface area contributed by atoms with Crippen LogP contribution in [0, 0.1) is 0 Å². The van der Waals surface area contributed by atoms with Gasteiger partial charge in [0.15, 0.2) is 0 Å². The molecule has 22 heavy (non-hydrogen) atoms. The summed E-state index contributed by atoms with van der Waals surface area (Å²) in [6.45, 7) is 6.34. The van der Waals surface area contributed by atoms with Gasteiger partial charge in [0.1, 0.15) is 19.0 Å². The SMILES string of the molecule is CC(C)Nc1cccc(OCCOCCCOCC(=O)S)c1. The summed E-state index contributed by atoms with van der Waals surface area (Å²) in [5.74, 6) is 0.824. The van der Waals surface area contributed by atoms with E-state index in [2.05, 4.69) is 31.8 Å². The predicted molar refractivity (Wildman–Crippen MR) is 90.9 cm³/mol. The van der Waals surface area contributed by atoms with Crippen LogP contribution in [0.5, 0.6) is 5.75 Å². The first-order chi connectivity index (χ1) is 10.6. The van der Waals surface area contributed by atoms with E-state index in [-0.39, 0.29) is 11.7 Å². The van der Waals surface area contributed by atoms with Gasteiger partial charge in [-0.15, -0.1) is 12.6 Å². The van der Waals surface area contributed by atoms with Crippen molar-refractivity contribution in [3.05, 3.63) is 24.3 Å². The third-order valence-corrected chi connectivity index (χ3v) is 2.72. The van der Waals surface area contributed by atoms with Crippen molar-refractivity contribution in [3.63, 3.8) is 0 Å². The average Bonchev–Trinajstić information content (AvgIpc) is 2.45. The van der Waals surface area contributed by atoms with Crippen molar-refractivity contribution in [1.29, 1.82) is 0 Å². The molecule has 5 nitrogen and oxygen atoms in total. The van der Waals surface area contributed by atoms with E-state index in [1.807, 2.05) is 24.3 Å². The third kappa shape index (κ3) is 9.65. The van der Waals surface area contributed by atoms with Crippen LogP contribution < -0.4 is 10.1 Å². The highest BCUT2D eigenvalue weighted by Gasteiger charge is 1.99. The number of ether oxygens (including phenoxy) is 3. The van der Waals surface area contributed by atoms with Gasteiger partial charge in [-0.2, -0.15) is 0 Å². The molecule has 0 aromatic heterocycles. The molecule has 0 aliphatic rings. The molecule has 0 aliphatic carbocycles. The molecule has 0 bridgehead atoms. The van der Waals surface area contributed by atoms with Gasteiger partial charge in [0, 0.05) is 31.0 Å². The number of carbonyl (C=O) groups is 1. The standard InChI is InChI=1S/C16H25NO4S/c1-13(2)17-14-5-3-6-15(11-14)21-10-9-19-7-4-8-20-12-16(18)22/h3,5-6,11,13,17H,4,7-10,12H2,1-2H3,(H,18,22). The van der Waals surface area contributed by atoms with Gasteiger partial charge in [-0.05, 0) is 32.4 Å². The first-order valence-electron chi connectivity index (χ1n) is 7.44. The minimum absolute atomic E-state index is 0.0486. The summed E-state index contributed by atoms with van der Waals surface area (Å²) in [5, 5.41) is 3.07. The molecule has 0 radical (unpaired) electrons. The number of hydrogen-bond acceptors (Lipinski definition) is 5. The van der Waals surface area contributed by atoms with Crippen molar-refractivity contribution < 1.29 is 19.0 Å². The normalized spacial score (nSPS) is 10.7. The lowest BCUT2D eigenvalue weighted by Crippen LogP contribution is -2.11. The molecule has 0 atom stereocenters. The van der Waals surface area contributed by atoms with E-state index in [4.69, 9.17) is 14.2 Å². The van der Waals surface area contributed by atoms with Crippen molar-refractivity contribution >= 4 is 23.4 Å². The Morgan fingerprint density at radius 3 is 2.68 bits per heavy atom. The van der Waals surface area contributed by atoms with Crippen LogP contribution in [0.15, 0.2) is 24.3 Å². The van der Waals surface area contributed by atoms with E-state index in [9.17, 15) is 4.79 Å². The van der Waals surface area contributed by atoms with Crippen LogP contribution >= 0.6 is 12.6 Å². The van der Waals surface area contributed by atoms with E-state index < -0.39 is 0 Å². The Morgan fingerprint density at radius 1 is 1.18 bits per heavy atom. The monoisotopic (exact) mass is 327 g/mol. The lowest BCUT2D eigenvalue weighted by molar-refractivity contribution is -0.115. The Labute approximate surface area is 137 Å². The van der Waals surface area contributed by atoms with Crippen LogP contribution in [0.4, 0.5) is 5.69 Å². The number of nitrogens with one attached hydrogen (secondary N) is 1. The summed E-state index contributed by atoms with van der Waals surface area (Å²) in [5.41, 5.74) is 1.05. The second kappa shape index (κ2) is 11.3. The summed E-state index contributed by atoms with van der Waals surface area (Å²) in [6, 6.07) is 8.26. The van der Waals surface area contributed by atoms with Crippen molar-refractivity contribution in [1.82, 2.24) is 0 Å². The largest absolute Gasteiger partial charge is 0.491 e. The average molecular weight is 327 g/mol. The number of anilines is 1. The zero-order chi connectivity index (χ0) is 16.2. The first kappa shape index (κ1) is 18.8. The lowest BCUT2D eigenvalue weighted by atomic mass is 10.2. The zero-order valence-corrected chi connectivity index (χ0v) is 14.1. The van der Waals surface area contributed by atoms with Gasteiger partial charge in [-0.1, -0.05) is 6.07 Å². The Balaban J connectivity index is 2.06. The summed E-state index contributed by atoms with van der Waals surface area (Å²) in [7, 11) is 0. The fraction of sp³-hybridized carbons (Fsp3) is 0.562. The van der Waals surface area contributed by atoms with E-state index >= 15 is 0 Å². The topological polar surface area (TPSA) is 56.8 Å². The number of thiol groups is 1. The molecule has 0 unspecified atom stereocenters. The molecule has 0 amide bonds. The van der Waals surface area contributed by atoms with Gasteiger partial charge in [-0.25, -0.2) is 0 Å². The first-order valence-corrected chi connectivity index (χ1v) is 7.89. The van der Waals surface area contributed by atoms with Crippen LogP contribution in [0.25, 0.3) is 0 Å². The Morgan fingerprint density at radius 2 is 1.95 bits per heavy atom. The van der Waals surface area contributed by atoms with Gasteiger partial charge < -0.3 is 19.5 Å². The number of rotatable bonds is 12. The summed E-state index contributed by atoms with van der Waals surface area (Å²) < 4.78 is 16.1. The molecule has 0 fully saturated rings. The molecule has 6 heteroatoms. The van der Waals surface area contributed by atoms with Gasteiger partial charge in [0.25, 0.3) is 0 Å². The maximum absolute atomic E-state index is 10.5. The van der Waals surface area contributed by atoms with Crippen LogP contribution in [0.3, 0.4) is 0 Å². The van der Waals surface area contributed by atoms with Crippen molar-refractivity contribution in [3.8, 4) is 5.75 Å². The molecule has 0 heterocycles. The Hall–Kier alpha value is -1.24. The number of hydrogen-bond donors (Lipinski definition) is 2. The predicted octanol–water partition coefficient (Wildman–Crippen LogP) is 2.77. The molecular weight excluding hydrogens is 302 g/mol. The molecule has 0 saturated carbocycles. The second-order valence-electron chi connectivity index (χ2n) is 5.09. The van der Waals surface area contributed by atoms with E-state index in [1.165, 1.54) is 0 Å². The van der Waals surface area contributed by atoms with Gasteiger partial charge in [-0.3, -0.25) is 4.79 Å². The lowest BCUT2D eigenvalue weighted by Gasteiger charge is -2.12. The van der Waals surface area contributed by atoms with E-state index in [0.717, 1.165) is 17.9 Å². The molecule has 0 spiro atoms. The van der Waals surface area contributed by atoms with Gasteiger partial charge in [0.05, 0.1) is 6.61 Å². The molecule has 0 saturated heterocycles. The maximum Gasteiger partial charge on any atom is 0.211 e. The highest BCUT2D eigenvalue weighted by Crippen LogP contribution is 2.17. The van der Waals surface area contributed by atoms with Crippen LogP contribution in [0.1, 0.15) is 20.3 Å². The van der Waals surface area contributed by atoms with Crippen LogP contribution in [0.2, 0.25) is 0 Å². The molecule has 1 N–H and O–H groups in total. The molecule has 124 valence electrons. The molecule has 1 aromatic rings. The molecular formula is C16H25NO4S. The van der Waals surface area contributed by atoms with Gasteiger partial charge in [0.2, 0.25) is 5.12 Å². The second-order valence-corrected chi connectivity index (χ2v) is 5.59. The minimum atomic E-state index is -0.261. The Bertz CT molecular complexity index is 440. The summed E-state index contributed by atoms with van der Waals surface area (Å²) in [6.07, 6.45) is 0.745. The van der Waals surface area contributed by atoms with Gasteiger partial charge >= 0.3 is 0 Å². The van der Waals surface area contributed by atoms with Crippen molar-refractivity contribution in [2.24, 2.45) is 0 Å². The number of benzene rings is 1. The molecule has 1 rings (SSSR count). The summed E-state index contributed by atoms with van der Waals surface area (Å²) in [4.78, 5) is 10.5. The highest BCUT2D eigenvalue weighted by molar-refractivity contribution is 7.96. The van der Waals surface area contributed by atoms with E-state index in [1.54, 1.807) is 0 Å². The fourth-order valence-corrected chi connectivity index (χ4v) is 1.84. The molecule has 1 aromatic carbocycles. The quantitative estimate of drug-likeness (QED) is 0.457. The van der Waals surface area contributed by atoms with Crippen molar-refractivity contribution in [2.45, 2.75) is 26.3 Å². The smallest absolute Gasteiger partial charge is 0.211 e. The molecule has 0 aliphatic heterocycles. The van der Waals surface area contributed by atoms with E-state index in [0.29, 0.717) is 32.5 Å². The highest BCUT2D eigenvalue weighted by atomic mass is 32.1. The third-order valence-electron chi connectivity index (χ3n) is 2.59. The zero-order valence-electron chi connectivity index (χ0n) is 13.2. The Kier molecular flexibility index (Phi) is 9.70. The van der Waals surface area contributed by atoms with Crippen LogP contribution in [-0.2, 0) is 14.3 Å². The van der Waals surface area contributed by atoms with Crippen molar-refractivity contribution in [2.75, 3.05) is 38.4 Å². The fourth-order valence-electron chi connectivity index (χ4n) is 1.75. The van der Waals surface area contributed by atoms with Crippen LogP contribution in [-0.4, -0.2) is 44.2 Å².